The molecule has 1 heterocycles. The molecule has 0 aromatic heterocycles. The fourth-order valence-corrected chi connectivity index (χ4v) is 6.24. The number of esters is 1. The van der Waals surface area contributed by atoms with Gasteiger partial charge in [0.15, 0.2) is 0 Å². The standard InChI is InChI=1S/C27H24BFO4S/c28-25-24(29)13-19(34-25)14-33-27(32)18-10-16-4-1-2-6-20(16)23(12-18)21-7-3-5-15-8-9-17(26(30)31)11-22(15)21/h1-6,8-12,19,21,24-25H,7,13-14,28H2,(H,30,31)/t19-,21?,24-,25-/m0/s1. The summed E-state index contributed by atoms with van der Waals surface area (Å²) in [6, 6.07) is 16.8. The van der Waals surface area contributed by atoms with Crippen LogP contribution >= 0.6 is 11.8 Å². The van der Waals surface area contributed by atoms with E-state index >= 15 is 0 Å². The molecule has 0 amide bonds. The molecule has 34 heavy (non-hydrogen) atoms. The number of carboxylic acid groups (broad SMARTS) is 1. The van der Waals surface area contributed by atoms with Gasteiger partial charge >= 0.3 is 11.9 Å². The third-order valence-electron chi connectivity index (χ3n) is 6.69. The van der Waals surface area contributed by atoms with Gasteiger partial charge in [-0.05, 0) is 64.6 Å². The van der Waals surface area contributed by atoms with Crippen LogP contribution in [0.2, 0.25) is 0 Å². The lowest BCUT2D eigenvalue weighted by molar-refractivity contribution is 0.0501. The van der Waals surface area contributed by atoms with E-state index in [1.54, 1.807) is 12.1 Å². The average molecular weight is 474 g/mol. The van der Waals surface area contributed by atoms with E-state index in [0.29, 0.717) is 18.4 Å². The first-order valence-electron chi connectivity index (χ1n) is 11.4. The Labute approximate surface area is 202 Å². The van der Waals surface area contributed by atoms with Crippen molar-refractivity contribution >= 4 is 48.4 Å². The predicted octanol–water partition coefficient (Wildman–Crippen LogP) is 5.05. The molecular formula is C27H24BFO4S. The van der Waals surface area contributed by atoms with E-state index < -0.39 is 18.1 Å². The van der Waals surface area contributed by atoms with Crippen LogP contribution in [0.15, 0.2) is 60.7 Å². The Balaban J connectivity index is 1.50. The Bertz CT molecular complexity index is 1300. The number of carboxylic acids is 1. The summed E-state index contributed by atoms with van der Waals surface area (Å²) in [6.45, 7) is 0.188. The number of hydrogen-bond donors (Lipinski definition) is 1. The third-order valence-corrected chi connectivity index (χ3v) is 8.13. The quantitative estimate of drug-likeness (QED) is 0.415. The number of fused-ring (bicyclic) bond motifs is 2. The molecule has 3 aromatic carbocycles. The number of allylic oxidation sites excluding steroid dienone is 1. The highest BCUT2D eigenvalue weighted by Gasteiger charge is 2.32. The van der Waals surface area contributed by atoms with Crippen molar-refractivity contribution in [1.29, 1.82) is 0 Å². The molecule has 1 aliphatic heterocycles. The summed E-state index contributed by atoms with van der Waals surface area (Å²) in [5.41, 5.74) is 3.57. The number of benzene rings is 3. The van der Waals surface area contributed by atoms with Crippen LogP contribution in [0.3, 0.4) is 0 Å². The number of rotatable bonds is 5. The van der Waals surface area contributed by atoms with Crippen molar-refractivity contribution in [2.24, 2.45) is 0 Å². The molecule has 1 fully saturated rings. The van der Waals surface area contributed by atoms with Gasteiger partial charge in [0.05, 0.1) is 11.1 Å². The highest BCUT2D eigenvalue weighted by Crippen LogP contribution is 2.40. The van der Waals surface area contributed by atoms with Crippen LogP contribution in [0.4, 0.5) is 4.39 Å². The molecule has 172 valence electrons. The molecule has 0 spiro atoms. The lowest BCUT2D eigenvalue weighted by Crippen LogP contribution is -2.16. The number of aromatic carboxylic acids is 1. The Morgan fingerprint density at radius 2 is 1.88 bits per heavy atom. The summed E-state index contributed by atoms with van der Waals surface area (Å²) in [6.07, 6.45) is 4.33. The van der Waals surface area contributed by atoms with E-state index in [0.717, 1.165) is 27.5 Å². The fraction of sp³-hybridized carbons (Fsp3) is 0.259. The van der Waals surface area contributed by atoms with E-state index in [1.807, 2.05) is 56.4 Å². The molecule has 0 bridgehead atoms. The molecule has 1 N–H and O–H groups in total. The number of halogens is 1. The van der Waals surface area contributed by atoms with Crippen molar-refractivity contribution in [1.82, 2.24) is 0 Å². The van der Waals surface area contributed by atoms with Crippen molar-refractivity contribution in [2.45, 2.75) is 35.3 Å². The zero-order valence-corrected chi connectivity index (χ0v) is 19.6. The van der Waals surface area contributed by atoms with Crippen LogP contribution in [0.25, 0.3) is 16.8 Å². The van der Waals surface area contributed by atoms with Gasteiger partial charge in [-0.15, -0.1) is 0 Å². The molecule has 3 aromatic rings. The largest absolute Gasteiger partial charge is 0.478 e. The number of alkyl halides is 1. The minimum Gasteiger partial charge on any atom is -0.478 e. The average Bonchev–Trinajstić information content (AvgIpc) is 3.18. The molecular weight excluding hydrogens is 450 g/mol. The maximum absolute atomic E-state index is 13.8. The van der Waals surface area contributed by atoms with E-state index in [2.05, 4.69) is 6.08 Å². The van der Waals surface area contributed by atoms with Crippen molar-refractivity contribution in [2.75, 3.05) is 6.61 Å². The van der Waals surface area contributed by atoms with Crippen LogP contribution in [-0.2, 0) is 4.74 Å². The second-order valence-electron chi connectivity index (χ2n) is 8.94. The van der Waals surface area contributed by atoms with Crippen LogP contribution in [0.5, 0.6) is 0 Å². The van der Waals surface area contributed by atoms with Gasteiger partial charge in [-0.3, -0.25) is 0 Å². The van der Waals surface area contributed by atoms with E-state index in [4.69, 9.17) is 4.74 Å². The topological polar surface area (TPSA) is 63.6 Å². The molecule has 7 heteroatoms. The van der Waals surface area contributed by atoms with Gasteiger partial charge in [0.2, 0.25) is 0 Å². The maximum Gasteiger partial charge on any atom is 0.338 e. The minimum atomic E-state index is -0.965. The van der Waals surface area contributed by atoms with Gasteiger partial charge in [-0.2, -0.15) is 11.8 Å². The maximum atomic E-state index is 13.8. The lowest BCUT2D eigenvalue weighted by Gasteiger charge is -2.25. The van der Waals surface area contributed by atoms with Crippen molar-refractivity contribution in [3.63, 3.8) is 0 Å². The highest BCUT2D eigenvalue weighted by molar-refractivity contribution is 8.01. The van der Waals surface area contributed by atoms with Gasteiger partial charge in [0.1, 0.15) is 20.6 Å². The zero-order valence-electron chi connectivity index (χ0n) is 18.7. The molecule has 4 atom stereocenters. The normalized spacial score (nSPS) is 23.6. The number of carbonyl (C=O) groups is 2. The van der Waals surface area contributed by atoms with E-state index in [1.165, 1.54) is 11.8 Å². The minimum absolute atomic E-state index is 0.0290. The summed E-state index contributed by atoms with van der Waals surface area (Å²) in [5.74, 6) is -1.48. The molecule has 2 aliphatic rings. The summed E-state index contributed by atoms with van der Waals surface area (Å²) in [7, 11) is 1.86. The van der Waals surface area contributed by atoms with Crippen molar-refractivity contribution in [3.05, 3.63) is 88.5 Å². The van der Waals surface area contributed by atoms with Crippen LogP contribution in [0.1, 0.15) is 56.2 Å². The monoisotopic (exact) mass is 474 g/mol. The zero-order chi connectivity index (χ0) is 23.8. The first-order valence-corrected chi connectivity index (χ1v) is 12.4. The number of hydrogen-bond acceptors (Lipinski definition) is 4. The molecule has 5 rings (SSSR count). The SMILES string of the molecule is B[C@H]1S[C@H](COC(=O)c2cc(C3CC=Cc4ccc(C(=O)O)cc43)c3ccccc3c2)C[C@@H]1F. The third kappa shape index (κ3) is 4.37. The summed E-state index contributed by atoms with van der Waals surface area (Å²) >= 11 is 1.53. The van der Waals surface area contributed by atoms with Gasteiger partial charge in [0.25, 0.3) is 0 Å². The second kappa shape index (κ2) is 9.30. The predicted molar refractivity (Wildman–Crippen MR) is 136 cm³/mol. The Morgan fingerprint density at radius 3 is 2.65 bits per heavy atom. The summed E-state index contributed by atoms with van der Waals surface area (Å²) < 4.78 is 19.4. The second-order valence-corrected chi connectivity index (χ2v) is 10.6. The molecule has 1 unspecified atom stereocenters. The molecule has 1 saturated heterocycles. The lowest BCUT2D eigenvalue weighted by atomic mass is 9.79. The van der Waals surface area contributed by atoms with E-state index in [9.17, 15) is 19.1 Å². The molecule has 4 nitrogen and oxygen atoms in total. The van der Waals surface area contributed by atoms with Gasteiger partial charge < -0.3 is 9.84 Å². The van der Waals surface area contributed by atoms with E-state index in [-0.39, 0.29) is 28.5 Å². The number of ether oxygens (including phenoxy) is 1. The molecule has 0 saturated carbocycles. The van der Waals surface area contributed by atoms with Crippen molar-refractivity contribution < 1.29 is 23.8 Å². The fourth-order valence-electron chi connectivity index (χ4n) is 4.91. The van der Waals surface area contributed by atoms with Crippen LogP contribution in [0, 0.1) is 0 Å². The number of carbonyl (C=O) groups excluding carboxylic acids is 1. The highest BCUT2D eigenvalue weighted by atomic mass is 32.2. The molecule has 1 aliphatic carbocycles. The Hall–Kier alpha value is -3.06. The summed E-state index contributed by atoms with van der Waals surface area (Å²) in [4.78, 5) is 24.6. The smallest absolute Gasteiger partial charge is 0.338 e. The Kier molecular flexibility index (Phi) is 6.21. The Morgan fingerprint density at radius 1 is 1.09 bits per heavy atom. The van der Waals surface area contributed by atoms with Gasteiger partial charge in [-0.1, -0.05) is 42.5 Å². The van der Waals surface area contributed by atoms with Gasteiger partial charge in [0, 0.05) is 16.3 Å². The van der Waals surface area contributed by atoms with Crippen LogP contribution < -0.4 is 0 Å². The summed E-state index contributed by atoms with van der Waals surface area (Å²) in [5, 5.41) is 11.3. The number of thioether (sulfide) groups is 1. The van der Waals surface area contributed by atoms with Crippen LogP contribution in [-0.4, -0.2) is 48.1 Å². The van der Waals surface area contributed by atoms with Crippen molar-refractivity contribution in [3.8, 4) is 0 Å². The first-order chi connectivity index (χ1) is 16.4. The van der Waals surface area contributed by atoms with Gasteiger partial charge in [-0.25, -0.2) is 14.0 Å². The molecule has 0 radical (unpaired) electrons. The first kappa shape index (κ1) is 22.7.